The van der Waals surface area contributed by atoms with Crippen molar-refractivity contribution in [3.05, 3.63) is 106 Å². The lowest BCUT2D eigenvalue weighted by Gasteiger charge is -2.20. The Kier molecular flexibility index (Phi) is 4.57. The number of aromatic amines is 1. The Bertz CT molecular complexity index is 1130. The predicted octanol–water partition coefficient (Wildman–Crippen LogP) is 5.32. The summed E-state index contributed by atoms with van der Waals surface area (Å²) in [5.41, 5.74) is 5.37. The maximum atomic E-state index is 11.3. The zero-order valence-corrected chi connectivity index (χ0v) is 15.8. The third kappa shape index (κ3) is 3.22. The molecule has 1 atom stereocenters. The van der Waals surface area contributed by atoms with E-state index in [4.69, 9.17) is 0 Å². The van der Waals surface area contributed by atoms with Gasteiger partial charge in [0.2, 0.25) is 0 Å². The molecule has 4 aromatic rings. The Morgan fingerprint density at radius 2 is 1.68 bits per heavy atom. The molecule has 1 N–H and O–H groups in total. The van der Waals surface area contributed by atoms with Crippen LogP contribution in [0.2, 0.25) is 0 Å². The van der Waals surface area contributed by atoms with E-state index in [1.807, 2.05) is 44.6 Å². The number of non-ortho nitro benzene ring substituents is 1. The zero-order chi connectivity index (χ0) is 19.7. The molecule has 5 nitrogen and oxygen atoms in total. The first-order valence-electron chi connectivity index (χ1n) is 9.12. The maximum absolute atomic E-state index is 11.3. The lowest BCUT2D eigenvalue weighted by molar-refractivity contribution is -0.384. The number of nitro benzene ring substituents is 1. The number of rotatable bonds is 5. The van der Waals surface area contributed by atoms with E-state index in [0.29, 0.717) is 0 Å². The van der Waals surface area contributed by atoms with Gasteiger partial charge in [0.1, 0.15) is 0 Å². The van der Waals surface area contributed by atoms with E-state index in [-0.39, 0.29) is 16.5 Å². The van der Waals surface area contributed by atoms with E-state index < -0.39 is 0 Å². The fourth-order valence-corrected chi connectivity index (χ4v) is 3.67. The second-order valence-electron chi connectivity index (χ2n) is 7.06. The number of H-pyrrole nitrogens is 1. The highest BCUT2D eigenvalue weighted by Crippen LogP contribution is 2.37. The minimum absolute atomic E-state index is 0.104. The van der Waals surface area contributed by atoms with Crippen molar-refractivity contribution in [3.8, 4) is 0 Å². The largest absolute Gasteiger partial charge is 0.378 e. The number of anilines is 1. The molecular formula is C23H21N3O2. The van der Waals surface area contributed by atoms with Gasteiger partial charge in [0.25, 0.3) is 5.69 Å². The summed E-state index contributed by atoms with van der Waals surface area (Å²) in [5, 5.41) is 12.4. The molecule has 0 amide bonds. The highest BCUT2D eigenvalue weighted by molar-refractivity contribution is 5.85. The molecule has 0 aliphatic rings. The van der Waals surface area contributed by atoms with Crippen LogP contribution >= 0.6 is 0 Å². The van der Waals surface area contributed by atoms with Gasteiger partial charge >= 0.3 is 0 Å². The number of para-hydroxylation sites is 1. The molecule has 0 fully saturated rings. The van der Waals surface area contributed by atoms with Crippen LogP contribution in [0.15, 0.2) is 79.0 Å². The summed E-state index contributed by atoms with van der Waals surface area (Å²) in [7, 11) is 4.01. The summed E-state index contributed by atoms with van der Waals surface area (Å²) in [4.78, 5) is 16.4. The second-order valence-corrected chi connectivity index (χ2v) is 7.06. The molecule has 0 radical (unpaired) electrons. The maximum Gasteiger partial charge on any atom is 0.269 e. The van der Waals surface area contributed by atoms with Gasteiger partial charge in [-0.1, -0.05) is 42.5 Å². The Hall–Kier alpha value is -3.60. The van der Waals surface area contributed by atoms with Crippen LogP contribution < -0.4 is 4.90 Å². The molecule has 140 valence electrons. The summed E-state index contributed by atoms with van der Waals surface area (Å²) in [6.07, 6.45) is 2.01. The average Bonchev–Trinajstić information content (AvgIpc) is 3.13. The molecule has 0 bridgehead atoms. The number of nitrogens with zero attached hydrogens (tertiary/aromatic N) is 2. The summed E-state index contributed by atoms with van der Waals surface area (Å²) < 4.78 is 0. The first-order chi connectivity index (χ1) is 13.5. The first-order valence-corrected chi connectivity index (χ1v) is 9.12. The monoisotopic (exact) mass is 371 g/mol. The molecule has 0 spiro atoms. The van der Waals surface area contributed by atoms with E-state index in [1.54, 1.807) is 12.1 Å². The zero-order valence-electron chi connectivity index (χ0n) is 15.8. The van der Waals surface area contributed by atoms with Crippen LogP contribution in [-0.2, 0) is 0 Å². The highest BCUT2D eigenvalue weighted by atomic mass is 16.6. The quantitative estimate of drug-likeness (QED) is 0.381. The Balaban J connectivity index is 1.90. The molecule has 5 heteroatoms. The topological polar surface area (TPSA) is 62.2 Å². The van der Waals surface area contributed by atoms with Crippen LogP contribution in [0.5, 0.6) is 0 Å². The van der Waals surface area contributed by atoms with Crippen molar-refractivity contribution in [1.82, 2.24) is 4.98 Å². The van der Waals surface area contributed by atoms with Crippen molar-refractivity contribution in [3.63, 3.8) is 0 Å². The van der Waals surface area contributed by atoms with E-state index in [9.17, 15) is 10.1 Å². The summed E-state index contributed by atoms with van der Waals surface area (Å²) >= 11 is 0. The number of hydrogen-bond donors (Lipinski definition) is 1. The van der Waals surface area contributed by atoms with Gasteiger partial charge in [0.05, 0.1) is 4.92 Å². The number of aromatic nitrogens is 1. The van der Waals surface area contributed by atoms with Crippen molar-refractivity contribution in [2.75, 3.05) is 19.0 Å². The van der Waals surface area contributed by atoms with Crippen LogP contribution in [0.1, 0.15) is 22.6 Å². The highest BCUT2D eigenvalue weighted by Gasteiger charge is 2.22. The minimum Gasteiger partial charge on any atom is -0.378 e. The predicted molar refractivity (Wildman–Crippen MR) is 113 cm³/mol. The SMILES string of the molecule is CN(C)c1ccc(C(c2cccc([N+](=O)[O-])c2)c2c[nH]c3ccccc23)cc1. The van der Waals surface area contributed by atoms with E-state index in [1.165, 1.54) is 6.07 Å². The van der Waals surface area contributed by atoms with Crippen LogP contribution in [0.25, 0.3) is 10.9 Å². The van der Waals surface area contributed by atoms with E-state index >= 15 is 0 Å². The lowest BCUT2D eigenvalue weighted by atomic mass is 9.84. The second kappa shape index (κ2) is 7.19. The number of fused-ring (bicyclic) bond motifs is 1. The average molecular weight is 371 g/mol. The Morgan fingerprint density at radius 1 is 0.929 bits per heavy atom. The van der Waals surface area contributed by atoms with Gasteiger partial charge in [-0.25, -0.2) is 0 Å². The van der Waals surface area contributed by atoms with Crippen molar-refractivity contribution in [2.45, 2.75) is 5.92 Å². The van der Waals surface area contributed by atoms with Gasteiger partial charge in [-0.3, -0.25) is 10.1 Å². The molecule has 0 saturated carbocycles. The molecule has 1 unspecified atom stereocenters. The van der Waals surface area contributed by atoms with Gasteiger partial charge in [-0.2, -0.15) is 0 Å². The van der Waals surface area contributed by atoms with Crippen molar-refractivity contribution in [1.29, 1.82) is 0 Å². The smallest absolute Gasteiger partial charge is 0.269 e. The fraction of sp³-hybridized carbons (Fsp3) is 0.130. The lowest BCUT2D eigenvalue weighted by Crippen LogP contribution is -2.09. The van der Waals surface area contributed by atoms with Gasteiger partial charge in [-0.15, -0.1) is 0 Å². The molecule has 1 aromatic heterocycles. The van der Waals surface area contributed by atoms with Crippen molar-refractivity contribution >= 4 is 22.3 Å². The summed E-state index contributed by atoms with van der Waals surface area (Å²) in [5.74, 6) is -0.104. The van der Waals surface area contributed by atoms with E-state index in [2.05, 4.69) is 40.2 Å². The van der Waals surface area contributed by atoms with Crippen LogP contribution in [0, 0.1) is 10.1 Å². The number of benzene rings is 3. The number of hydrogen-bond acceptors (Lipinski definition) is 3. The normalized spacial score (nSPS) is 12.1. The van der Waals surface area contributed by atoms with Gasteiger partial charge in [0.15, 0.2) is 0 Å². The molecule has 3 aromatic carbocycles. The van der Waals surface area contributed by atoms with Crippen LogP contribution in [0.4, 0.5) is 11.4 Å². The summed E-state index contributed by atoms with van der Waals surface area (Å²) in [6, 6.07) is 23.4. The minimum atomic E-state index is -0.342. The number of nitrogens with one attached hydrogen (secondary N) is 1. The van der Waals surface area contributed by atoms with Crippen molar-refractivity contribution in [2.24, 2.45) is 0 Å². The molecule has 0 saturated heterocycles. The fourth-order valence-electron chi connectivity index (χ4n) is 3.67. The molecular weight excluding hydrogens is 350 g/mol. The van der Waals surface area contributed by atoms with Crippen LogP contribution in [0.3, 0.4) is 0 Å². The Labute approximate surface area is 163 Å². The Morgan fingerprint density at radius 3 is 2.39 bits per heavy atom. The molecule has 28 heavy (non-hydrogen) atoms. The van der Waals surface area contributed by atoms with Gasteiger partial charge < -0.3 is 9.88 Å². The molecule has 0 aliphatic carbocycles. The standard InChI is InChI=1S/C23H21N3O2/c1-25(2)18-12-10-16(11-13-18)23(17-6-5-7-19(14-17)26(27)28)21-15-24-22-9-4-3-8-20(21)22/h3-15,23-24H,1-2H3. The third-order valence-corrected chi connectivity index (χ3v) is 5.09. The van der Waals surface area contributed by atoms with E-state index in [0.717, 1.165) is 33.3 Å². The van der Waals surface area contributed by atoms with Gasteiger partial charge in [-0.05, 0) is 34.9 Å². The first kappa shape index (κ1) is 17.8. The third-order valence-electron chi connectivity index (χ3n) is 5.09. The summed E-state index contributed by atoms with van der Waals surface area (Å²) in [6.45, 7) is 0. The van der Waals surface area contributed by atoms with Crippen LogP contribution in [-0.4, -0.2) is 24.0 Å². The molecule has 4 rings (SSSR count). The van der Waals surface area contributed by atoms with Gasteiger partial charge in [0, 0.05) is 54.9 Å². The number of nitro groups is 1. The molecule has 1 heterocycles. The molecule has 0 aliphatic heterocycles. The van der Waals surface area contributed by atoms with Crippen molar-refractivity contribution < 1.29 is 4.92 Å².